The number of hydrogen-bond donors (Lipinski definition) is 1. The third-order valence-corrected chi connectivity index (χ3v) is 3.95. The van der Waals surface area contributed by atoms with Crippen LogP contribution in [0.15, 0.2) is 54.1 Å². The summed E-state index contributed by atoms with van der Waals surface area (Å²) in [5, 5.41) is 37.4. The fourth-order valence-electron chi connectivity index (χ4n) is 2.48. The first kappa shape index (κ1) is 40.5. The molecule has 0 saturated carbocycles. The highest BCUT2D eigenvalue weighted by atomic mass is 16.6. The number of hydrogen-bond acceptors (Lipinski definition) is 11. The number of nitriles is 1. The second-order valence-corrected chi connectivity index (χ2v) is 9.86. The summed E-state index contributed by atoms with van der Waals surface area (Å²) in [6, 6.07) is 12.9. The van der Waals surface area contributed by atoms with Crippen molar-refractivity contribution in [1.82, 2.24) is 0 Å². The zero-order valence-corrected chi connectivity index (χ0v) is 25.3. The molecule has 0 amide bonds. The van der Waals surface area contributed by atoms with Crippen molar-refractivity contribution in [3.63, 3.8) is 0 Å². The van der Waals surface area contributed by atoms with E-state index < -0.39 is 33.0 Å². The number of rotatable bonds is 7. The van der Waals surface area contributed by atoms with Crippen LogP contribution < -0.4 is 0 Å². The lowest BCUT2D eigenvalue weighted by Gasteiger charge is -2.18. The number of ether oxygens (including phenoxy) is 2. The molecule has 2 aromatic rings. The van der Waals surface area contributed by atoms with Crippen LogP contribution in [0.5, 0.6) is 0 Å². The topological polar surface area (TPSA) is 204 Å². The minimum Gasteiger partial charge on any atom is -0.456 e. The molecule has 14 nitrogen and oxygen atoms in total. The van der Waals surface area contributed by atoms with Gasteiger partial charge in [-0.15, -0.1) is 0 Å². The van der Waals surface area contributed by atoms with E-state index in [9.17, 15) is 34.6 Å². The molecule has 2 aromatic carbocycles. The summed E-state index contributed by atoms with van der Waals surface area (Å²) in [4.78, 5) is 55.1. The van der Waals surface area contributed by atoms with Crippen LogP contribution in [0.3, 0.4) is 0 Å². The summed E-state index contributed by atoms with van der Waals surface area (Å²) in [7, 11) is 0. The summed E-state index contributed by atoms with van der Waals surface area (Å²) < 4.78 is 9.79. The van der Waals surface area contributed by atoms with Crippen LogP contribution in [0.2, 0.25) is 0 Å². The van der Waals surface area contributed by atoms with Gasteiger partial charge in [0.1, 0.15) is 30.5 Å². The lowest BCUT2D eigenvalue weighted by Crippen LogP contribution is -2.25. The Morgan fingerprint density at radius 1 is 1.02 bits per heavy atom. The summed E-state index contributed by atoms with van der Waals surface area (Å²) in [6.45, 7) is 20.0. The second-order valence-electron chi connectivity index (χ2n) is 9.86. The third-order valence-electron chi connectivity index (χ3n) is 3.95. The molecule has 0 aliphatic rings. The molecule has 0 radical (unpaired) electrons. The van der Waals surface area contributed by atoms with E-state index >= 15 is 0 Å². The molecule has 0 aliphatic carbocycles. The van der Waals surface area contributed by atoms with E-state index in [0.29, 0.717) is 17.4 Å². The van der Waals surface area contributed by atoms with Gasteiger partial charge >= 0.3 is 18.5 Å². The molecule has 0 bridgehead atoms. The fourth-order valence-corrected chi connectivity index (χ4v) is 2.48. The monoisotopic (exact) mass is 611 g/mol. The van der Waals surface area contributed by atoms with Gasteiger partial charge in [0, 0.05) is 50.3 Å². The predicted molar refractivity (Wildman–Crippen MR) is 161 cm³/mol. The number of nitro benzene ring substituents is 2. The minimum absolute atomic E-state index is 0.0606. The van der Waals surface area contributed by atoms with E-state index in [0.717, 1.165) is 0 Å². The number of non-ortho nitro benzene ring substituents is 2. The van der Waals surface area contributed by atoms with Gasteiger partial charge in [0.15, 0.2) is 0 Å². The summed E-state index contributed by atoms with van der Waals surface area (Å²) in [5.41, 5.74) is -1.10. The molecule has 234 valence electrons. The minimum atomic E-state index is -0.758. The Hall–Kier alpha value is -5.60. The van der Waals surface area contributed by atoms with E-state index in [1.807, 2.05) is 0 Å². The number of carbonyl (C=O) groups is 3. The van der Waals surface area contributed by atoms with Gasteiger partial charge < -0.3 is 19.4 Å². The van der Waals surface area contributed by atoms with Crippen LogP contribution in [-0.2, 0) is 19.1 Å². The van der Waals surface area contributed by atoms with Crippen molar-refractivity contribution in [2.75, 3.05) is 13.2 Å². The Bertz CT molecular complexity index is 1390. The Labute approximate surface area is 255 Å². The van der Waals surface area contributed by atoms with Crippen molar-refractivity contribution in [1.29, 1.82) is 5.26 Å². The number of nitro groups is 2. The first-order chi connectivity index (χ1) is 20.3. The maximum absolute atomic E-state index is 11.8. The molecule has 14 heteroatoms. The highest BCUT2D eigenvalue weighted by Crippen LogP contribution is 2.17. The molecule has 0 aromatic heterocycles. The maximum Gasteiger partial charge on any atom is 0.390 e. The normalized spacial score (nSPS) is 10.2. The Morgan fingerprint density at radius 2 is 1.48 bits per heavy atom. The quantitative estimate of drug-likeness (QED) is 0.0807. The summed E-state index contributed by atoms with van der Waals surface area (Å²) in [6.07, 6.45) is 1.84. The average Bonchev–Trinajstić information content (AvgIpc) is 2.91. The number of aliphatic hydroxyl groups excluding tert-OH is 1. The molecule has 0 saturated heterocycles. The van der Waals surface area contributed by atoms with E-state index in [4.69, 9.17) is 26.4 Å². The van der Waals surface area contributed by atoms with Crippen molar-refractivity contribution in [3.8, 4) is 6.07 Å². The van der Waals surface area contributed by atoms with Crippen molar-refractivity contribution >= 4 is 35.7 Å². The molecule has 0 fully saturated rings. The van der Waals surface area contributed by atoms with Gasteiger partial charge in [-0.2, -0.15) is 5.26 Å². The van der Waals surface area contributed by atoms with Crippen molar-refractivity contribution < 1.29 is 38.8 Å². The maximum atomic E-state index is 11.8. The van der Waals surface area contributed by atoms with Gasteiger partial charge in [-0.3, -0.25) is 25.0 Å². The largest absolute Gasteiger partial charge is 0.456 e. The van der Waals surface area contributed by atoms with Crippen LogP contribution in [0.1, 0.15) is 57.5 Å². The fraction of sp³-hybridized carbons (Fsp3) is 0.333. The van der Waals surface area contributed by atoms with Crippen LogP contribution in [-0.4, -0.2) is 57.5 Å². The number of nitrogens with zero attached hydrogens (tertiary/aromatic N) is 4. The van der Waals surface area contributed by atoms with Gasteiger partial charge in [-0.25, -0.2) is 16.2 Å². The zero-order chi connectivity index (χ0) is 34.5. The molecule has 0 spiro atoms. The predicted octanol–water partition coefficient (Wildman–Crippen LogP) is 5.31. The van der Waals surface area contributed by atoms with Crippen LogP contribution in [0.4, 0.5) is 11.4 Å². The number of aldehydes is 1. The van der Waals surface area contributed by atoms with Crippen molar-refractivity contribution in [2.45, 2.75) is 52.7 Å². The van der Waals surface area contributed by atoms with Gasteiger partial charge in [0.05, 0.1) is 9.85 Å². The van der Waals surface area contributed by atoms with E-state index in [-0.39, 0.29) is 30.1 Å². The molecular formula is C30H35N4O10+. The number of carbonyl (C=O) groups excluding carboxylic acids is 3. The molecule has 44 heavy (non-hydrogen) atoms. The van der Waals surface area contributed by atoms with E-state index in [1.165, 1.54) is 48.5 Å². The third kappa shape index (κ3) is 20.3. The standard InChI is InChI=1S/C14H14N2O4.C7H5NO3.C7H10NO2.C2H6O/c1-14(2,3)20-13(17)11(9-15)7-10-5-4-6-12(8-10)16(18)19;9-5-6-2-1-3-7(4-6)8(10)11;1-7(2,3)10-6(9)5-8-4;1-2-3/h4-8H,1-3H3;1-5H;1,5H2,2-3H3;3H,2H2,1H3/q;;+1;/b11-7+;;;. The number of benzene rings is 2. The molecule has 0 heterocycles. The molecule has 2 rings (SSSR count). The number of esters is 2. The summed E-state index contributed by atoms with van der Waals surface area (Å²) in [5.74, 6) is -1.28. The van der Waals surface area contributed by atoms with Crippen LogP contribution >= 0.6 is 0 Å². The Morgan fingerprint density at radius 3 is 1.84 bits per heavy atom. The highest BCUT2D eigenvalue weighted by Gasteiger charge is 2.24. The SMILES string of the molecule is CC(C)(C)OC(=O)/C(C#N)=C/c1cccc([N+](=O)[O-])c1.CCO.O=Cc1cccc([N+](=O)[O-])c1.[C-]#[N+]CC(=O)OC([CH2+])(C)C. The first-order valence-corrected chi connectivity index (χ1v) is 12.6. The molecule has 1 N–H and O–H groups in total. The lowest BCUT2D eigenvalue weighted by molar-refractivity contribution is -0.385. The highest BCUT2D eigenvalue weighted by molar-refractivity contribution is 5.98. The molecule has 0 unspecified atom stereocenters. The van der Waals surface area contributed by atoms with Gasteiger partial charge in [0.2, 0.25) is 5.60 Å². The van der Waals surface area contributed by atoms with E-state index in [2.05, 4.69) is 11.8 Å². The molecular weight excluding hydrogens is 576 g/mol. The van der Waals surface area contributed by atoms with E-state index in [1.54, 1.807) is 53.7 Å². The number of aliphatic hydroxyl groups is 1. The summed E-state index contributed by atoms with van der Waals surface area (Å²) >= 11 is 0. The molecule has 0 atom stereocenters. The second kappa shape index (κ2) is 20.3. The van der Waals surface area contributed by atoms with Crippen molar-refractivity contribution in [3.05, 3.63) is 104 Å². The lowest BCUT2D eigenvalue weighted by atomic mass is 10.1. The Kier molecular flexibility index (Phi) is 18.7. The first-order valence-electron chi connectivity index (χ1n) is 12.6. The average molecular weight is 612 g/mol. The molecule has 0 aliphatic heterocycles. The van der Waals surface area contributed by atoms with Gasteiger partial charge in [0.25, 0.3) is 11.4 Å². The van der Waals surface area contributed by atoms with Gasteiger partial charge in [-0.1, -0.05) is 24.3 Å². The Balaban J connectivity index is 0. The van der Waals surface area contributed by atoms with Gasteiger partial charge in [-0.05, 0) is 39.3 Å². The van der Waals surface area contributed by atoms with Crippen molar-refractivity contribution in [2.24, 2.45) is 0 Å². The zero-order valence-electron chi connectivity index (χ0n) is 25.3. The smallest absolute Gasteiger partial charge is 0.390 e. The van der Waals surface area contributed by atoms with Crippen LogP contribution in [0.25, 0.3) is 10.9 Å². The van der Waals surface area contributed by atoms with Crippen LogP contribution in [0, 0.1) is 45.1 Å².